The number of hydrogen-bond donors (Lipinski definition) is 1. The average Bonchev–Trinajstić information content (AvgIpc) is 3.38. The zero-order valence-corrected chi connectivity index (χ0v) is 22.0. The molecule has 0 spiro atoms. The number of aromatic nitrogens is 5. The molecule has 5 aliphatic rings. The van der Waals surface area contributed by atoms with E-state index in [1.807, 2.05) is 17.9 Å². The summed E-state index contributed by atoms with van der Waals surface area (Å²) in [7, 11) is 1.97. The Hall–Kier alpha value is -2.45. The number of aryl methyl sites for hydroxylation is 3. The highest BCUT2D eigenvalue weighted by molar-refractivity contribution is 5.89. The van der Waals surface area contributed by atoms with Crippen LogP contribution in [0.2, 0.25) is 0 Å². The van der Waals surface area contributed by atoms with Crippen LogP contribution >= 0.6 is 0 Å². The summed E-state index contributed by atoms with van der Waals surface area (Å²) in [6, 6.07) is 2.21. The normalized spacial score (nSPS) is 28.0. The summed E-state index contributed by atoms with van der Waals surface area (Å²) in [4.78, 5) is 7.20. The van der Waals surface area contributed by atoms with Crippen LogP contribution in [0.15, 0.2) is 12.3 Å². The van der Waals surface area contributed by atoms with Gasteiger partial charge in [-0.3, -0.25) is 9.36 Å². The molecule has 8 nitrogen and oxygen atoms in total. The summed E-state index contributed by atoms with van der Waals surface area (Å²) in [5.74, 6) is 0.899. The highest BCUT2D eigenvalue weighted by Gasteiger charge is 2.50. The second kappa shape index (κ2) is 8.28. The summed E-state index contributed by atoms with van der Waals surface area (Å²) >= 11 is 0. The van der Waals surface area contributed by atoms with E-state index in [1.54, 1.807) is 0 Å². The average molecular weight is 490 g/mol. The Morgan fingerprint density at radius 2 is 2.00 bits per heavy atom. The summed E-state index contributed by atoms with van der Waals surface area (Å²) < 4.78 is 10.8. The Labute approximate surface area is 213 Å². The van der Waals surface area contributed by atoms with E-state index in [-0.39, 0.29) is 11.1 Å². The molecule has 4 fully saturated rings. The molecule has 0 atom stereocenters. The third kappa shape index (κ3) is 3.67. The van der Waals surface area contributed by atoms with Gasteiger partial charge in [-0.2, -0.15) is 10.2 Å². The molecule has 3 aromatic heterocycles. The molecule has 8 heteroatoms. The summed E-state index contributed by atoms with van der Waals surface area (Å²) in [6.45, 7) is 9.04. The minimum atomic E-state index is -0.0483. The van der Waals surface area contributed by atoms with Crippen molar-refractivity contribution in [1.29, 1.82) is 0 Å². The zero-order chi connectivity index (χ0) is 24.5. The van der Waals surface area contributed by atoms with Crippen molar-refractivity contribution in [2.24, 2.45) is 13.0 Å². The van der Waals surface area contributed by atoms with Crippen molar-refractivity contribution in [3.05, 3.63) is 34.9 Å². The summed E-state index contributed by atoms with van der Waals surface area (Å²) in [5, 5.41) is 14.6. The second-order valence-electron chi connectivity index (χ2n) is 12.1. The molecular weight excluding hydrogens is 450 g/mol. The minimum absolute atomic E-state index is 0.0483. The predicted octanol–water partition coefficient (Wildman–Crippen LogP) is 3.82. The molecule has 2 saturated heterocycles. The molecule has 0 amide bonds. The van der Waals surface area contributed by atoms with Gasteiger partial charge in [-0.1, -0.05) is 6.42 Å². The van der Waals surface area contributed by atoms with Crippen LogP contribution in [0.1, 0.15) is 67.6 Å². The number of pyridine rings is 1. The molecule has 3 aromatic rings. The first-order valence-corrected chi connectivity index (χ1v) is 13.9. The van der Waals surface area contributed by atoms with E-state index in [4.69, 9.17) is 14.8 Å². The minimum Gasteiger partial charge on any atom is -0.371 e. The fourth-order valence-electron chi connectivity index (χ4n) is 7.01. The third-order valence-electron chi connectivity index (χ3n) is 9.69. The standard InChI is InChI=1S/C28H39N7O/c1-19-13-25(22-15-30-33(3)26(22)31-19)34-12-7-24-23(16-34)20(2)32-35(24)17-28-10-8-27(9-11-28,18-36-28)29-14-21-5-4-6-21/h13,15,21,29H,4-12,14,16-18H2,1-3H3. The molecule has 0 unspecified atom stereocenters. The van der Waals surface area contributed by atoms with Gasteiger partial charge in [0.05, 0.1) is 41.7 Å². The quantitative estimate of drug-likeness (QED) is 0.568. The van der Waals surface area contributed by atoms with Crippen molar-refractivity contribution in [2.75, 3.05) is 24.6 Å². The smallest absolute Gasteiger partial charge is 0.159 e. The lowest BCUT2D eigenvalue weighted by atomic mass is 9.70. The van der Waals surface area contributed by atoms with Crippen molar-refractivity contribution in [1.82, 2.24) is 29.9 Å². The Balaban J connectivity index is 1.08. The van der Waals surface area contributed by atoms with E-state index >= 15 is 0 Å². The van der Waals surface area contributed by atoms with Crippen LogP contribution in [-0.4, -0.2) is 55.4 Å². The number of nitrogens with zero attached hydrogens (tertiary/aromatic N) is 6. The molecule has 36 heavy (non-hydrogen) atoms. The molecular formula is C28H39N7O. The van der Waals surface area contributed by atoms with Crippen LogP contribution in [-0.2, 0) is 31.3 Å². The van der Waals surface area contributed by atoms with E-state index in [0.717, 1.165) is 73.8 Å². The molecule has 3 aliphatic heterocycles. The van der Waals surface area contributed by atoms with Crippen LogP contribution in [0, 0.1) is 19.8 Å². The van der Waals surface area contributed by atoms with Gasteiger partial charge in [-0.05, 0) is 70.9 Å². The Bertz CT molecular complexity index is 1280. The second-order valence-corrected chi connectivity index (χ2v) is 12.1. The number of nitrogens with one attached hydrogen (secondary N) is 1. The molecule has 0 aromatic carbocycles. The number of fused-ring (bicyclic) bond motifs is 5. The molecule has 192 valence electrons. The van der Waals surface area contributed by atoms with Crippen molar-refractivity contribution >= 4 is 16.7 Å². The van der Waals surface area contributed by atoms with Crippen LogP contribution in [0.4, 0.5) is 5.69 Å². The number of hydrogen-bond acceptors (Lipinski definition) is 6. The zero-order valence-electron chi connectivity index (χ0n) is 22.0. The van der Waals surface area contributed by atoms with E-state index in [2.05, 4.69) is 39.9 Å². The lowest BCUT2D eigenvalue weighted by Gasteiger charge is -2.54. The van der Waals surface area contributed by atoms with Gasteiger partial charge in [-0.25, -0.2) is 4.98 Å². The lowest BCUT2D eigenvalue weighted by molar-refractivity contribution is -0.171. The van der Waals surface area contributed by atoms with Crippen molar-refractivity contribution in [3.8, 4) is 0 Å². The Morgan fingerprint density at radius 1 is 1.17 bits per heavy atom. The molecule has 2 bridgehead atoms. The largest absolute Gasteiger partial charge is 0.371 e. The van der Waals surface area contributed by atoms with Gasteiger partial charge in [0.25, 0.3) is 0 Å². The van der Waals surface area contributed by atoms with E-state index < -0.39 is 0 Å². The fraction of sp³-hybridized carbons (Fsp3) is 0.679. The number of ether oxygens (including phenoxy) is 1. The molecule has 2 saturated carbocycles. The highest BCUT2D eigenvalue weighted by atomic mass is 16.5. The molecule has 1 N–H and O–H groups in total. The van der Waals surface area contributed by atoms with E-state index in [9.17, 15) is 0 Å². The van der Waals surface area contributed by atoms with Crippen LogP contribution in [0.3, 0.4) is 0 Å². The maximum Gasteiger partial charge on any atom is 0.159 e. The summed E-state index contributed by atoms with van der Waals surface area (Å²) in [6.07, 6.45) is 11.9. The molecule has 8 rings (SSSR count). The SMILES string of the molecule is Cc1cc(N2CCc3c(c(C)nn3CC34CCC(NCC5CCC5)(CC3)CO4)C2)c2cnn(C)c2n1. The first kappa shape index (κ1) is 22.7. The van der Waals surface area contributed by atoms with Crippen molar-refractivity contribution in [2.45, 2.75) is 89.4 Å². The van der Waals surface area contributed by atoms with Gasteiger partial charge in [0.2, 0.25) is 0 Å². The third-order valence-corrected chi connectivity index (χ3v) is 9.69. The van der Waals surface area contributed by atoms with Gasteiger partial charge < -0.3 is 15.0 Å². The first-order chi connectivity index (χ1) is 17.4. The van der Waals surface area contributed by atoms with Gasteiger partial charge in [0, 0.05) is 49.0 Å². The van der Waals surface area contributed by atoms with Crippen LogP contribution in [0.5, 0.6) is 0 Å². The maximum absolute atomic E-state index is 6.66. The van der Waals surface area contributed by atoms with Gasteiger partial charge in [-0.15, -0.1) is 0 Å². The van der Waals surface area contributed by atoms with Crippen molar-refractivity contribution < 1.29 is 4.74 Å². The summed E-state index contributed by atoms with van der Waals surface area (Å²) in [5.41, 5.74) is 7.33. The predicted molar refractivity (Wildman–Crippen MR) is 140 cm³/mol. The topological polar surface area (TPSA) is 73.0 Å². The van der Waals surface area contributed by atoms with Crippen LogP contribution < -0.4 is 10.2 Å². The Kier molecular flexibility index (Phi) is 5.23. The van der Waals surface area contributed by atoms with Gasteiger partial charge >= 0.3 is 0 Å². The first-order valence-electron chi connectivity index (χ1n) is 13.9. The number of rotatable bonds is 6. The molecule has 2 aliphatic carbocycles. The molecule has 0 radical (unpaired) electrons. The van der Waals surface area contributed by atoms with Crippen molar-refractivity contribution in [3.63, 3.8) is 0 Å². The molecule has 6 heterocycles. The van der Waals surface area contributed by atoms with Gasteiger partial charge in [0.1, 0.15) is 0 Å². The Morgan fingerprint density at radius 3 is 2.72 bits per heavy atom. The van der Waals surface area contributed by atoms with Crippen LogP contribution in [0.25, 0.3) is 11.0 Å². The maximum atomic E-state index is 6.66. The number of anilines is 1. The van der Waals surface area contributed by atoms with Gasteiger partial charge in [0.15, 0.2) is 5.65 Å². The lowest BCUT2D eigenvalue weighted by Crippen LogP contribution is -2.63. The van der Waals surface area contributed by atoms with E-state index in [0.29, 0.717) is 0 Å². The fourth-order valence-corrected chi connectivity index (χ4v) is 7.01. The van der Waals surface area contributed by atoms with E-state index in [1.165, 1.54) is 55.6 Å². The monoisotopic (exact) mass is 489 g/mol. The highest BCUT2D eigenvalue weighted by Crippen LogP contribution is 2.45.